The number of hydrogen-bond donors (Lipinski definition) is 3. The zero-order chi connectivity index (χ0) is 16.1. The van der Waals surface area contributed by atoms with E-state index in [1.54, 1.807) is 17.0 Å². The van der Waals surface area contributed by atoms with Crippen LogP contribution in [0.2, 0.25) is 0 Å². The van der Waals surface area contributed by atoms with E-state index in [4.69, 9.17) is 0 Å². The molecule has 1 aromatic rings. The molecule has 1 saturated heterocycles. The van der Waals surface area contributed by atoms with Crippen molar-refractivity contribution in [1.29, 1.82) is 0 Å². The summed E-state index contributed by atoms with van der Waals surface area (Å²) in [6.07, 6.45) is 0.254. The molecule has 120 valence electrons. The molecule has 0 unspecified atom stereocenters. The average Bonchev–Trinajstić information content (AvgIpc) is 2.80. The Balaban J connectivity index is 1.84. The number of anilines is 1. The van der Waals surface area contributed by atoms with E-state index in [2.05, 4.69) is 10.6 Å². The number of nitrogens with zero attached hydrogens (tertiary/aromatic N) is 1. The fraction of sp³-hybridized carbons (Fsp3) is 0.467. The number of halogens is 1. The van der Waals surface area contributed by atoms with Gasteiger partial charge in [0.15, 0.2) is 0 Å². The van der Waals surface area contributed by atoms with Gasteiger partial charge in [-0.2, -0.15) is 0 Å². The minimum Gasteiger partial charge on any atom is -0.338 e. The van der Waals surface area contributed by atoms with Crippen molar-refractivity contribution in [3.63, 3.8) is 0 Å². The number of amides is 3. The molecule has 3 N–H and O–H groups in total. The van der Waals surface area contributed by atoms with Gasteiger partial charge < -0.3 is 20.4 Å². The Morgan fingerprint density at radius 1 is 1.36 bits per heavy atom. The standard InChI is InChI=1S/C15H21FN4O2/c1-19(2)8-7-17-15(22)18-12-9-14(21)20(10-12)13-5-3-11(16)4-6-13/h3-6,12H,7-10H2,1-2H3,(H2,17,18,22)/p+1/t12-/m1/s1. The van der Waals surface area contributed by atoms with Crippen molar-refractivity contribution in [2.75, 3.05) is 38.6 Å². The highest BCUT2D eigenvalue weighted by atomic mass is 19.1. The Hall–Kier alpha value is -2.15. The van der Waals surface area contributed by atoms with Gasteiger partial charge in [-0.25, -0.2) is 9.18 Å². The van der Waals surface area contributed by atoms with Crippen LogP contribution in [0.25, 0.3) is 0 Å². The maximum atomic E-state index is 12.9. The van der Waals surface area contributed by atoms with Crippen molar-refractivity contribution in [1.82, 2.24) is 10.6 Å². The molecule has 1 atom stereocenters. The van der Waals surface area contributed by atoms with E-state index in [0.29, 0.717) is 18.8 Å². The fourth-order valence-electron chi connectivity index (χ4n) is 2.34. The van der Waals surface area contributed by atoms with Gasteiger partial charge in [-0.15, -0.1) is 0 Å². The molecular weight excluding hydrogens is 287 g/mol. The van der Waals surface area contributed by atoms with Crippen LogP contribution in [-0.2, 0) is 4.79 Å². The molecule has 3 amide bonds. The molecule has 0 saturated carbocycles. The molecule has 1 aromatic carbocycles. The highest BCUT2D eigenvalue weighted by Crippen LogP contribution is 2.21. The van der Waals surface area contributed by atoms with Crippen molar-refractivity contribution in [3.8, 4) is 0 Å². The molecule has 1 aliphatic heterocycles. The van der Waals surface area contributed by atoms with Crippen LogP contribution in [0.15, 0.2) is 24.3 Å². The minimum atomic E-state index is -0.340. The van der Waals surface area contributed by atoms with Crippen LogP contribution >= 0.6 is 0 Å². The molecule has 2 rings (SSSR count). The number of benzene rings is 1. The zero-order valence-electron chi connectivity index (χ0n) is 12.9. The highest BCUT2D eigenvalue weighted by molar-refractivity contribution is 5.96. The van der Waals surface area contributed by atoms with Gasteiger partial charge >= 0.3 is 6.03 Å². The number of hydrogen-bond acceptors (Lipinski definition) is 2. The lowest BCUT2D eigenvalue weighted by atomic mass is 10.2. The predicted molar refractivity (Wildman–Crippen MR) is 81.4 cm³/mol. The third-order valence-corrected chi connectivity index (χ3v) is 3.51. The Kier molecular flexibility index (Phi) is 5.32. The van der Waals surface area contributed by atoms with E-state index in [0.717, 1.165) is 6.54 Å². The Bertz CT molecular complexity index is 533. The van der Waals surface area contributed by atoms with E-state index in [1.807, 2.05) is 14.1 Å². The van der Waals surface area contributed by atoms with Gasteiger partial charge in [0.25, 0.3) is 0 Å². The number of carbonyl (C=O) groups is 2. The Morgan fingerprint density at radius 2 is 2.05 bits per heavy atom. The second kappa shape index (κ2) is 7.22. The lowest BCUT2D eigenvalue weighted by Crippen LogP contribution is -3.06. The molecule has 0 bridgehead atoms. The molecule has 6 nitrogen and oxygen atoms in total. The fourth-order valence-corrected chi connectivity index (χ4v) is 2.34. The number of rotatable bonds is 5. The maximum absolute atomic E-state index is 12.9. The lowest BCUT2D eigenvalue weighted by molar-refractivity contribution is -0.856. The van der Waals surface area contributed by atoms with E-state index >= 15 is 0 Å². The molecule has 1 aliphatic rings. The highest BCUT2D eigenvalue weighted by Gasteiger charge is 2.31. The van der Waals surface area contributed by atoms with Crippen LogP contribution in [0, 0.1) is 5.82 Å². The molecule has 0 spiro atoms. The molecule has 0 aliphatic carbocycles. The number of urea groups is 1. The van der Waals surface area contributed by atoms with Crippen LogP contribution in [-0.4, -0.2) is 51.7 Å². The molecule has 0 aromatic heterocycles. The number of likely N-dealkylation sites (N-methyl/N-ethyl adjacent to an activating group) is 1. The van der Waals surface area contributed by atoms with Crippen LogP contribution in [0.5, 0.6) is 0 Å². The normalized spacial score (nSPS) is 17.9. The molecule has 0 radical (unpaired) electrons. The van der Waals surface area contributed by atoms with E-state index < -0.39 is 0 Å². The number of quaternary nitrogens is 1. The van der Waals surface area contributed by atoms with E-state index in [9.17, 15) is 14.0 Å². The largest absolute Gasteiger partial charge is 0.338 e. The van der Waals surface area contributed by atoms with Crippen LogP contribution in [0.4, 0.5) is 14.9 Å². The predicted octanol–water partition coefficient (Wildman–Crippen LogP) is -0.625. The second-order valence-corrected chi connectivity index (χ2v) is 5.74. The summed E-state index contributed by atoms with van der Waals surface area (Å²) in [4.78, 5) is 26.6. The first kappa shape index (κ1) is 16.2. The van der Waals surface area contributed by atoms with Crippen LogP contribution in [0.3, 0.4) is 0 Å². The monoisotopic (exact) mass is 309 g/mol. The SMILES string of the molecule is C[NH+](C)CCNC(=O)N[C@@H]1CC(=O)N(c2ccc(F)cc2)C1. The van der Waals surface area contributed by atoms with Crippen LogP contribution in [0.1, 0.15) is 6.42 Å². The van der Waals surface area contributed by atoms with E-state index in [-0.39, 0.29) is 30.2 Å². The van der Waals surface area contributed by atoms with E-state index in [1.165, 1.54) is 17.0 Å². The van der Waals surface area contributed by atoms with Gasteiger partial charge in [-0.1, -0.05) is 0 Å². The quantitative estimate of drug-likeness (QED) is 0.678. The van der Waals surface area contributed by atoms with Gasteiger partial charge in [0.05, 0.1) is 33.2 Å². The van der Waals surface area contributed by atoms with Crippen molar-refractivity contribution in [2.45, 2.75) is 12.5 Å². The molecule has 22 heavy (non-hydrogen) atoms. The first-order chi connectivity index (χ1) is 10.5. The summed E-state index contributed by atoms with van der Waals surface area (Å²) in [5.74, 6) is -0.415. The number of nitrogens with one attached hydrogen (secondary N) is 3. The van der Waals surface area contributed by atoms with Gasteiger partial charge in [0, 0.05) is 18.7 Å². The molecule has 1 fully saturated rings. The molecule has 1 heterocycles. The molecule has 7 heteroatoms. The zero-order valence-corrected chi connectivity index (χ0v) is 12.9. The Labute approximate surface area is 129 Å². The van der Waals surface area contributed by atoms with Gasteiger partial charge in [-0.05, 0) is 24.3 Å². The third kappa shape index (κ3) is 4.42. The van der Waals surface area contributed by atoms with Crippen molar-refractivity contribution in [3.05, 3.63) is 30.1 Å². The maximum Gasteiger partial charge on any atom is 0.315 e. The van der Waals surface area contributed by atoms with Crippen LogP contribution < -0.4 is 20.4 Å². The summed E-state index contributed by atoms with van der Waals surface area (Å²) in [6.45, 7) is 1.81. The van der Waals surface area contributed by atoms with Crippen molar-refractivity contribution in [2.24, 2.45) is 0 Å². The smallest absolute Gasteiger partial charge is 0.315 e. The summed E-state index contributed by atoms with van der Waals surface area (Å²) >= 11 is 0. The van der Waals surface area contributed by atoms with Gasteiger partial charge in [0.1, 0.15) is 5.82 Å². The first-order valence-corrected chi connectivity index (χ1v) is 7.35. The lowest BCUT2D eigenvalue weighted by Gasteiger charge is -2.17. The van der Waals surface area contributed by atoms with Crippen molar-refractivity contribution < 1.29 is 18.9 Å². The van der Waals surface area contributed by atoms with Gasteiger partial charge in [0.2, 0.25) is 5.91 Å². The van der Waals surface area contributed by atoms with Crippen molar-refractivity contribution >= 4 is 17.6 Å². The summed E-state index contributed by atoms with van der Waals surface area (Å²) in [6, 6.07) is 5.27. The average molecular weight is 309 g/mol. The minimum absolute atomic E-state index is 0.0744. The van der Waals surface area contributed by atoms with Gasteiger partial charge in [-0.3, -0.25) is 4.79 Å². The summed E-state index contributed by atoms with van der Waals surface area (Å²) in [5, 5.41) is 5.57. The first-order valence-electron chi connectivity index (χ1n) is 7.35. The summed E-state index contributed by atoms with van der Waals surface area (Å²) < 4.78 is 12.9. The topological polar surface area (TPSA) is 65.9 Å². The second-order valence-electron chi connectivity index (χ2n) is 5.74. The number of carbonyl (C=O) groups excluding carboxylic acids is 2. The Morgan fingerprint density at radius 3 is 2.68 bits per heavy atom. The molecular formula is C15H22FN4O2+. The summed E-state index contributed by atoms with van der Waals surface area (Å²) in [7, 11) is 4.02. The third-order valence-electron chi connectivity index (χ3n) is 3.51. The summed E-state index contributed by atoms with van der Waals surface area (Å²) in [5.41, 5.74) is 0.646.